The van der Waals surface area contributed by atoms with Crippen molar-refractivity contribution in [3.8, 4) is 67.5 Å². The monoisotopic (exact) mass is 1010 g/mol. The molecule has 3 heterocycles. The summed E-state index contributed by atoms with van der Waals surface area (Å²) in [5.74, 6) is 3.54. The Bertz CT molecular complexity index is 4570. The number of para-hydroxylation sites is 4. The molecule has 12 aromatic carbocycles. The van der Waals surface area contributed by atoms with E-state index in [2.05, 4.69) is 278 Å². The highest BCUT2D eigenvalue weighted by atomic mass is 32.1. The molecule has 17 rings (SSSR count). The van der Waals surface area contributed by atoms with E-state index in [1.165, 1.54) is 81.4 Å². The van der Waals surface area contributed by atoms with Crippen molar-refractivity contribution in [3.63, 3.8) is 0 Å². The van der Waals surface area contributed by atoms with Crippen LogP contribution >= 0.6 is 11.3 Å². The Morgan fingerprint density at radius 3 is 1.42 bits per heavy atom. The molecule has 0 fully saturated rings. The van der Waals surface area contributed by atoms with Gasteiger partial charge in [0.25, 0.3) is 0 Å². The summed E-state index contributed by atoms with van der Waals surface area (Å²) in [4.78, 5) is 2.46. The van der Waals surface area contributed by atoms with Crippen LogP contribution in [0.4, 0.5) is 17.1 Å². The zero-order chi connectivity index (χ0) is 51.1. The van der Waals surface area contributed by atoms with Gasteiger partial charge in [0.1, 0.15) is 23.0 Å². The Morgan fingerprint density at radius 1 is 0.269 bits per heavy atom. The van der Waals surface area contributed by atoms with Gasteiger partial charge in [-0.1, -0.05) is 200 Å². The first-order valence-corrected chi connectivity index (χ1v) is 27.6. The average molecular weight is 1010 g/mol. The molecule has 2 spiro atoms. The fourth-order valence-electron chi connectivity index (χ4n) is 14.1. The molecule has 0 unspecified atom stereocenters. The van der Waals surface area contributed by atoms with Crippen molar-refractivity contribution in [1.82, 2.24) is 0 Å². The number of rotatable bonds is 5. The summed E-state index contributed by atoms with van der Waals surface area (Å²) in [6, 6.07) is 100. The van der Waals surface area contributed by atoms with Gasteiger partial charge in [-0.25, -0.2) is 0 Å². The maximum absolute atomic E-state index is 6.76. The Hall–Kier alpha value is -9.74. The van der Waals surface area contributed by atoms with Crippen LogP contribution in [0.15, 0.2) is 273 Å². The van der Waals surface area contributed by atoms with Gasteiger partial charge in [0.2, 0.25) is 0 Å². The molecule has 0 saturated heterocycles. The first-order chi connectivity index (χ1) is 38.7. The maximum atomic E-state index is 6.76. The van der Waals surface area contributed by atoms with Crippen molar-refractivity contribution in [3.05, 3.63) is 317 Å². The number of nitrogens with zero attached hydrogens (tertiary/aromatic N) is 1. The first-order valence-electron chi connectivity index (χ1n) is 26.8. The second kappa shape index (κ2) is 16.4. The lowest BCUT2D eigenvalue weighted by Gasteiger charge is -2.39. The zero-order valence-corrected chi connectivity index (χ0v) is 43.0. The van der Waals surface area contributed by atoms with Gasteiger partial charge in [0.05, 0.1) is 10.8 Å². The third kappa shape index (κ3) is 5.87. The smallest absolute Gasteiger partial charge is 0.132 e. The molecule has 3 nitrogen and oxygen atoms in total. The third-order valence-corrected chi connectivity index (χ3v) is 18.3. The topological polar surface area (TPSA) is 21.7 Å². The van der Waals surface area contributed by atoms with Crippen LogP contribution in [0.2, 0.25) is 0 Å². The third-order valence-electron chi connectivity index (χ3n) is 17.2. The largest absolute Gasteiger partial charge is 0.457 e. The van der Waals surface area contributed by atoms with Crippen molar-refractivity contribution >= 4 is 48.6 Å². The predicted molar refractivity (Wildman–Crippen MR) is 320 cm³/mol. The molecule has 4 aliphatic rings. The van der Waals surface area contributed by atoms with E-state index in [4.69, 9.17) is 9.47 Å². The van der Waals surface area contributed by atoms with E-state index >= 15 is 0 Å². The van der Waals surface area contributed by atoms with E-state index in [9.17, 15) is 0 Å². The van der Waals surface area contributed by atoms with Crippen LogP contribution in [-0.4, -0.2) is 0 Å². The molecule has 0 saturated carbocycles. The van der Waals surface area contributed by atoms with Crippen molar-refractivity contribution in [1.29, 1.82) is 0 Å². The molecule has 0 atom stereocenters. The number of hydrogen-bond donors (Lipinski definition) is 0. The van der Waals surface area contributed by atoms with Gasteiger partial charge in [0, 0.05) is 59.5 Å². The second-order valence-electron chi connectivity index (χ2n) is 21.0. The number of thiophene rings is 1. The quantitative estimate of drug-likeness (QED) is 0.171. The van der Waals surface area contributed by atoms with Crippen LogP contribution in [0.3, 0.4) is 0 Å². The van der Waals surface area contributed by atoms with Crippen LogP contribution in [0, 0.1) is 0 Å². The van der Waals surface area contributed by atoms with Crippen molar-refractivity contribution in [2.45, 2.75) is 10.8 Å². The lowest BCUT2D eigenvalue weighted by Crippen LogP contribution is -2.32. The first kappa shape index (κ1) is 43.5. The normalized spacial score (nSPS) is 14.1. The van der Waals surface area contributed by atoms with Gasteiger partial charge < -0.3 is 14.4 Å². The summed E-state index contributed by atoms with van der Waals surface area (Å²) < 4.78 is 16.1. The van der Waals surface area contributed by atoms with E-state index in [0.29, 0.717) is 0 Å². The van der Waals surface area contributed by atoms with Crippen LogP contribution in [-0.2, 0) is 10.8 Å². The van der Waals surface area contributed by atoms with Crippen LogP contribution < -0.4 is 14.4 Å². The number of fused-ring (bicyclic) bond motifs is 21. The standard InChI is InChI=1S/C74H45NO2S/c1-4-23-58-53(19-1)54-42-40-51(45-65(54)74(58)62-27-8-12-32-68(62)77-69-33-13-9-28-63(69)74)75(49-38-35-46(36-39-49)47-37-41-56-55-20-3-14-34-70(55)78-71(56)44-47)50-18-15-17-48(43-50)52-22-16-29-64-72(52)57-21-2-5-24-59(57)73(64)60-25-6-10-30-66(60)76-67-31-11-7-26-61(67)73/h1-45H. The van der Waals surface area contributed by atoms with Gasteiger partial charge in [-0.2, -0.15) is 0 Å². The van der Waals surface area contributed by atoms with E-state index in [1.54, 1.807) is 0 Å². The highest BCUT2D eigenvalue weighted by molar-refractivity contribution is 7.25. The fraction of sp³-hybridized carbons (Fsp3) is 0.0270. The molecule has 0 N–H and O–H groups in total. The summed E-state index contributed by atoms with van der Waals surface area (Å²) in [7, 11) is 0. The number of ether oxygens (including phenoxy) is 2. The Labute approximate surface area is 456 Å². The SMILES string of the molecule is c1cc(-c2cccc3c2-c2ccccc2C32c3ccccc3Oc3ccccc32)cc(N(c2ccc(-c3ccc4c(c3)sc3ccccc34)cc2)c2ccc3c(c2)C2(c4ccccc4Oc4ccccc42)c2ccccc2-3)c1. The van der Waals surface area contributed by atoms with Crippen molar-refractivity contribution < 1.29 is 9.47 Å². The molecule has 0 bridgehead atoms. The lowest BCUT2D eigenvalue weighted by atomic mass is 9.66. The van der Waals surface area contributed by atoms with Crippen LogP contribution in [0.1, 0.15) is 44.5 Å². The van der Waals surface area contributed by atoms with Crippen LogP contribution in [0.5, 0.6) is 23.0 Å². The minimum atomic E-state index is -0.620. The minimum absolute atomic E-state index is 0.570. The number of hydrogen-bond acceptors (Lipinski definition) is 4. The van der Waals surface area contributed by atoms with Crippen LogP contribution in [0.25, 0.3) is 64.7 Å². The van der Waals surface area contributed by atoms with E-state index < -0.39 is 10.8 Å². The molecule has 13 aromatic rings. The van der Waals surface area contributed by atoms with E-state index in [-0.39, 0.29) is 0 Å². The molecule has 0 amide bonds. The van der Waals surface area contributed by atoms with Gasteiger partial charge in [-0.15, -0.1) is 11.3 Å². The van der Waals surface area contributed by atoms with E-state index in [0.717, 1.165) is 67.9 Å². The Morgan fingerprint density at radius 2 is 0.744 bits per heavy atom. The van der Waals surface area contributed by atoms with E-state index in [1.807, 2.05) is 11.3 Å². The summed E-state index contributed by atoms with van der Waals surface area (Å²) >= 11 is 1.86. The molecule has 78 heavy (non-hydrogen) atoms. The van der Waals surface area contributed by atoms with Gasteiger partial charge in [-0.05, 0) is 140 Å². The van der Waals surface area contributed by atoms with Gasteiger partial charge >= 0.3 is 0 Å². The second-order valence-corrected chi connectivity index (χ2v) is 22.1. The molecular weight excluding hydrogens is 967 g/mol. The van der Waals surface area contributed by atoms with Crippen molar-refractivity contribution in [2.75, 3.05) is 4.90 Å². The van der Waals surface area contributed by atoms with Crippen molar-refractivity contribution in [2.24, 2.45) is 0 Å². The lowest BCUT2D eigenvalue weighted by molar-refractivity contribution is 0.436. The zero-order valence-electron chi connectivity index (χ0n) is 42.2. The molecule has 2 aliphatic heterocycles. The molecule has 364 valence electrons. The number of benzene rings is 12. The average Bonchev–Trinajstić information content (AvgIpc) is 4.12. The molecular formula is C74H45NO2S. The molecule has 4 heteroatoms. The molecule has 2 aliphatic carbocycles. The summed E-state index contributed by atoms with van der Waals surface area (Å²) in [5, 5.41) is 2.62. The maximum Gasteiger partial charge on any atom is 0.132 e. The highest BCUT2D eigenvalue weighted by Crippen LogP contribution is 2.65. The van der Waals surface area contributed by atoms with Gasteiger partial charge in [0.15, 0.2) is 0 Å². The Kier molecular flexibility index (Phi) is 9.14. The summed E-state index contributed by atoms with van der Waals surface area (Å²) in [5.41, 5.74) is 21.3. The summed E-state index contributed by atoms with van der Waals surface area (Å²) in [6.45, 7) is 0. The minimum Gasteiger partial charge on any atom is -0.457 e. The fourth-order valence-corrected chi connectivity index (χ4v) is 15.2. The molecule has 1 aromatic heterocycles. The Balaban J connectivity index is 0.873. The summed E-state index contributed by atoms with van der Waals surface area (Å²) in [6.07, 6.45) is 0. The molecule has 0 radical (unpaired) electrons. The number of anilines is 3. The van der Waals surface area contributed by atoms with Gasteiger partial charge in [-0.3, -0.25) is 0 Å². The predicted octanol–water partition coefficient (Wildman–Crippen LogP) is 19.8. The highest BCUT2D eigenvalue weighted by Gasteiger charge is 2.53.